The van der Waals surface area contributed by atoms with Gasteiger partial charge in [0.15, 0.2) is 0 Å². The second-order valence-electron chi connectivity index (χ2n) is 5.21. The summed E-state index contributed by atoms with van der Waals surface area (Å²) in [6.45, 7) is 4.87. The molecular weight excluding hydrogens is 290 g/mol. The van der Waals surface area contributed by atoms with E-state index in [9.17, 15) is 9.59 Å². The van der Waals surface area contributed by atoms with E-state index in [4.69, 9.17) is 10.2 Å². The highest BCUT2D eigenvalue weighted by molar-refractivity contribution is 7.13. The molecule has 0 fully saturated rings. The van der Waals surface area contributed by atoms with Crippen molar-refractivity contribution in [3.05, 3.63) is 29.0 Å². The molecule has 21 heavy (non-hydrogen) atoms. The van der Waals surface area contributed by atoms with Crippen molar-refractivity contribution in [1.82, 2.24) is 10.3 Å². The normalized spacial score (nSPS) is 11.4. The molecule has 0 aliphatic rings. The van der Waals surface area contributed by atoms with Crippen LogP contribution in [0.4, 0.5) is 0 Å². The van der Waals surface area contributed by atoms with Crippen LogP contribution in [0.5, 0.6) is 0 Å². The van der Waals surface area contributed by atoms with Crippen LogP contribution < -0.4 is 11.1 Å². The molecule has 2 amide bonds. The number of nitrogens with zero attached hydrogens (tertiary/aromatic N) is 1. The van der Waals surface area contributed by atoms with E-state index >= 15 is 0 Å². The summed E-state index contributed by atoms with van der Waals surface area (Å²) in [5.74, 6) is 0.171. The highest BCUT2D eigenvalue weighted by atomic mass is 32.1. The van der Waals surface area contributed by atoms with Crippen molar-refractivity contribution in [2.75, 3.05) is 0 Å². The Morgan fingerprint density at radius 3 is 2.76 bits per heavy atom. The lowest BCUT2D eigenvalue weighted by atomic mass is 10.0. The fourth-order valence-corrected chi connectivity index (χ4v) is 2.35. The minimum Gasteiger partial charge on any atom is -0.440 e. The smallest absolute Gasteiger partial charge is 0.242 e. The van der Waals surface area contributed by atoms with Gasteiger partial charge >= 0.3 is 0 Å². The van der Waals surface area contributed by atoms with Gasteiger partial charge in [-0.15, -0.1) is 11.3 Å². The number of rotatable bonds is 5. The predicted octanol–water partition coefficient (Wildman–Crippen LogP) is 1.63. The Hall–Kier alpha value is -2.15. The summed E-state index contributed by atoms with van der Waals surface area (Å²) < 4.78 is 5.57. The lowest BCUT2D eigenvalue weighted by molar-refractivity contribution is -0.130. The van der Waals surface area contributed by atoms with Crippen molar-refractivity contribution >= 4 is 23.2 Å². The van der Waals surface area contributed by atoms with E-state index in [1.807, 2.05) is 17.5 Å². The number of nitrogens with one attached hydrogen (secondary N) is 1. The molecule has 0 aliphatic carbocycles. The number of carbonyl (C=O) groups excluding carboxylic acids is 2. The monoisotopic (exact) mass is 307 g/mol. The van der Waals surface area contributed by atoms with Crippen LogP contribution in [0.1, 0.15) is 25.3 Å². The van der Waals surface area contributed by atoms with E-state index in [1.165, 1.54) is 11.3 Å². The molecule has 0 saturated carbocycles. The number of carbonyl (C=O) groups is 2. The van der Waals surface area contributed by atoms with Gasteiger partial charge in [-0.1, -0.05) is 6.07 Å². The largest absolute Gasteiger partial charge is 0.440 e. The molecule has 2 heterocycles. The van der Waals surface area contributed by atoms with Crippen molar-refractivity contribution < 1.29 is 14.0 Å². The van der Waals surface area contributed by atoms with Gasteiger partial charge in [0.05, 0.1) is 17.0 Å². The average molecular weight is 307 g/mol. The Morgan fingerprint density at radius 1 is 1.48 bits per heavy atom. The predicted molar refractivity (Wildman–Crippen MR) is 79.7 cm³/mol. The van der Waals surface area contributed by atoms with Crippen molar-refractivity contribution in [3.8, 4) is 10.8 Å². The second-order valence-corrected chi connectivity index (χ2v) is 6.16. The lowest BCUT2D eigenvalue weighted by Gasteiger charge is -2.21. The molecule has 2 aromatic heterocycles. The topological polar surface area (TPSA) is 98.2 Å². The first kappa shape index (κ1) is 15.2. The summed E-state index contributed by atoms with van der Waals surface area (Å²) in [5, 5.41) is 4.51. The van der Waals surface area contributed by atoms with Crippen LogP contribution in [0.3, 0.4) is 0 Å². The first-order valence-electron chi connectivity index (χ1n) is 6.40. The van der Waals surface area contributed by atoms with Crippen LogP contribution in [0, 0.1) is 6.92 Å². The first-order valence-corrected chi connectivity index (χ1v) is 7.28. The van der Waals surface area contributed by atoms with E-state index in [2.05, 4.69) is 10.3 Å². The van der Waals surface area contributed by atoms with Gasteiger partial charge in [0.1, 0.15) is 11.3 Å². The molecule has 0 atom stereocenters. The number of nitrogens with two attached hydrogens (primary N) is 1. The van der Waals surface area contributed by atoms with E-state index in [-0.39, 0.29) is 12.3 Å². The molecule has 7 heteroatoms. The van der Waals surface area contributed by atoms with Gasteiger partial charge < -0.3 is 15.5 Å². The standard InChI is InChI=1S/C14H17N3O3S/c1-8-9(7-11(18)17-14(2,3)13(15)19)16-12(20-8)10-5-4-6-21-10/h4-6H,7H2,1-3H3,(H2,15,19)(H,17,18). The molecule has 3 N–H and O–H groups in total. The fourth-order valence-electron chi connectivity index (χ4n) is 1.70. The van der Waals surface area contributed by atoms with Gasteiger partial charge in [-0.25, -0.2) is 4.98 Å². The van der Waals surface area contributed by atoms with Gasteiger partial charge in [-0.3, -0.25) is 9.59 Å². The van der Waals surface area contributed by atoms with Crippen LogP contribution in [-0.4, -0.2) is 22.3 Å². The van der Waals surface area contributed by atoms with Crippen molar-refractivity contribution in [3.63, 3.8) is 0 Å². The SMILES string of the molecule is Cc1oc(-c2cccs2)nc1CC(=O)NC(C)(C)C(N)=O. The summed E-state index contributed by atoms with van der Waals surface area (Å²) in [5.41, 5.74) is 4.68. The molecule has 0 aliphatic heterocycles. The van der Waals surface area contributed by atoms with Crippen LogP contribution in [-0.2, 0) is 16.0 Å². The fraction of sp³-hybridized carbons (Fsp3) is 0.357. The number of thiophene rings is 1. The molecule has 0 unspecified atom stereocenters. The molecule has 0 aromatic carbocycles. The number of hydrogen-bond donors (Lipinski definition) is 2. The zero-order valence-corrected chi connectivity index (χ0v) is 12.9. The Morgan fingerprint density at radius 2 is 2.19 bits per heavy atom. The number of amides is 2. The first-order chi connectivity index (χ1) is 9.79. The molecule has 0 saturated heterocycles. The zero-order chi connectivity index (χ0) is 15.6. The van der Waals surface area contributed by atoms with Crippen LogP contribution >= 0.6 is 11.3 Å². The van der Waals surface area contributed by atoms with Gasteiger partial charge in [0.25, 0.3) is 0 Å². The second kappa shape index (κ2) is 5.69. The van der Waals surface area contributed by atoms with E-state index in [1.54, 1.807) is 20.8 Å². The summed E-state index contributed by atoms with van der Waals surface area (Å²) in [6, 6.07) is 3.80. The molecule has 2 rings (SSSR count). The Kier molecular flexibility index (Phi) is 4.13. The van der Waals surface area contributed by atoms with E-state index in [0.29, 0.717) is 17.3 Å². The van der Waals surface area contributed by atoms with E-state index in [0.717, 1.165) is 4.88 Å². The molecule has 112 valence electrons. The third-order valence-electron chi connectivity index (χ3n) is 3.02. The van der Waals surface area contributed by atoms with Gasteiger partial charge in [0.2, 0.25) is 17.7 Å². The quantitative estimate of drug-likeness (QED) is 0.877. The van der Waals surface area contributed by atoms with Crippen molar-refractivity contribution in [2.45, 2.75) is 32.7 Å². The highest BCUT2D eigenvalue weighted by Gasteiger charge is 2.27. The minimum atomic E-state index is -1.09. The van der Waals surface area contributed by atoms with Gasteiger partial charge in [-0.05, 0) is 32.2 Å². The van der Waals surface area contributed by atoms with Crippen molar-refractivity contribution in [1.29, 1.82) is 0 Å². The van der Waals surface area contributed by atoms with Crippen LogP contribution in [0.2, 0.25) is 0 Å². The summed E-state index contributed by atoms with van der Waals surface area (Å²) in [7, 11) is 0. The Balaban J connectivity index is 2.10. The molecule has 2 aromatic rings. The maximum absolute atomic E-state index is 12.0. The van der Waals surface area contributed by atoms with Gasteiger partial charge in [-0.2, -0.15) is 0 Å². The number of aromatic nitrogens is 1. The number of primary amides is 1. The third kappa shape index (κ3) is 3.49. The minimum absolute atomic E-state index is 0.0391. The molecule has 0 spiro atoms. The average Bonchev–Trinajstić information content (AvgIpc) is 2.98. The summed E-state index contributed by atoms with van der Waals surface area (Å²) >= 11 is 1.51. The maximum Gasteiger partial charge on any atom is 0.242 e. The Bertz CT molecular complexity index is 659. The van der Waals surface area contributed by atoms with Gasteiger partial charge in [0, 0.05) is 0 Å². The molecule has 0 radical (unpaired) electrons. The molecule has 6 nitrogen and oxygen atoms in total. The maximum atomic E-state index is 12.0. The Labute approximate surface area is 126 Å². The van der Waals surface area contributed by atoms with Crippen LogP contribution in [0.15, 0.2) is 21.9 Å². The molecular formula is C14H17N3O3S. The van der Waals surface area contributed by atoms with Crippen LogP contribution in [0.25, 0.3) is 10.8 Å². The number of oxazole rings is 1. The lowest BCUT2D eigenvalue weighted by Crippen LogP contribution is -2.53. The number of hydrogen-bond acceptors (Lipinski definition) is 5. The zero-order valence-electron chi connectivity index (χ0n) is 12.1. The highest BCUT2D eigenvalue weighted by Crippen LogP contribution is 2.26. The summed E-state index contributed by atoms with van der Waals surface area (Å²) in [4.78, 5) is 28.4. The molecule has 0 bridgehead atoms. The third-order valence-corrected chi connectivity index (χ3v) is 3.88. The number of aryl methyl sites for hydroxylation is 1. The van der Waals surface area contributed by atoms with Crippen molar-refractivity contribution in [2.24, 2.45) is 5.73 Å². The summed E-state index contributed by atoms with van der Waals surface area (Å²) in [6.07, 6.45) is 0.0391. The van der Waals surface area contributed by atoms with E-state index < -0.39 is 11.4 Å².